The zero-order chi connectivity index (χ0) is 12.5. The first-order chi connectivity index (χ1) is 8.74. The van der Waals surface area contributed by atoms with Gasteiger partial charge < -0.3 is 5.32 Å². The van der Waals surface area contributed by atoms with Crippen LogP contribution >= 0.6 is 0 Å². The fraction of sp³-hybridized carbons (Fsp3) is 0.267. The minimum absolute atomic E-state index is 0.111. The molecule has 1 aromatic carbocycles. The summed E-state index contributed by atoms with van der Waals surface area (Å²) in [7, 11) is 0. The van der Waals surface area contributed by atoms with E-state index in [9.17, 15) is 9.18 Å². The smallest absolute Gasteiger partial charge is 0.182 e. The molecular weight excluding hydrogens is 229 g/mol. The van der Waals surface area contributed by atoms with Gasteiger partial charge >= 0.3 is 0 Å². The fourth-order valence-corrected chi connectivity index (χ4v) is 2.55. The molecule has 1 aliphatic carbocycles. The molecule has 3 heteroatoms. The van der Waals surface area contributed by atoms with Crippen molar-refractivity contribution in [3.05, 3.63) is 59.1 Å². The topological polar surface area (TPSA) is 29.1 Å². The second-order valence-electron chi connectivity index (χ2n) is 4.72. The summed E-state index contributed by atoms with van der Waals surface area (Å²) in [6.07, 6.45) is 6.25. The third-order valence-electron chi connectivity index (χ3n) is 3.52. The first kappa shape index (κ1) is 11.2. The van der Waals surface area contributed by atoms with Gasteiger partial charge in [0.05, 0.1) is 11.7 Å². The third-order valence-corrected chi connectivity index (χ3v) is 3.52. The lowest BCUT2D eigenvalue weighted by Crippen LogP contribution is -2.31. The molecule has 1 aromatic rings. The van der Waals surface area contributed by atoms with Crippen LogP contribution in [0.3, 0.4) is 0 Å². The molecule has 2 nitrogen and oxygen atoms in total. The van der Waals surface area contributed by atoms with Gasteiger partial charge in [0, 0.05) is 6.42 Å². The van der Waals surface area contributed by atoms with Gasteiger partial charge in [0.2, 0.25) is 0 Å². The number of halogens is 1. The standard InChI is InChI=1S/C15H14FNO/c16-12-7-4-10(5-8-12)13-9-6-11-2-1-3-14(18)15(11)17-13/h1-2,4-5,7-8,13,17H,3,6,9H2. The van der Waals surface area contributed by atoms with Crippen molar-refractivity contribution in [1.29, 1.82) is 0 Å². The van der Waals surface area contributed by atoms with Crippen molar-refractivity contribution < 1.29 is 9.18 Å². The van der Waals surface area contributed by atoms with E-state index < -0.39 is 0 Å². The minimum atomic E-state index is -0.230. The van der Waals surface area contributed by atoms with Crippen LogP contribution in [0.5, 0.6) is 0 Å². The third kappa shape index (κ3) is 1.96. The highest BCUT2D eigenvalue weighted by atomic mass is 19.1. The van der Waals surface area contributed by atoms with Crippen LogP contribution in [0.1, 0.15) is 30.9 Å². The number of carbonyl (C=O) groups excluding carboxylic acids is 1. The molecule has 2 aliphatic rings. The van der Waals surface area contributed by atoms with Crippen molar-refractivity contribution in [2.75, 3.05) is 0 Å². The summed E-state index contributed by atoms with van der Waals surface area (Å²) in [5.74, 6) is -0.0783. The summed E-state index contributed by atoms with van der Waals surface area (Å²) in [4.78, 5) is 11.8. The Balaban J connectivity index is 1.86. The van der Waals surface area contributed by atoms with E-state index >= 15 is 0 Å². The summed E-state index contributed by atoms with van der Waals surface area (Å²) in [6.45, 7) is 0. The van der Waals surface area contributed by atoms with Crippen LogP contribution in [0.15, 0.2) is 47.7 Å². The molecule has 92 valence electrons. The Kier molecular flexibility index (Phi) is 2.74. The maximum absolute atomic E-state index is 12.9. The van der Waals surface area contributed by atoms with Crippen LogP contribution in [-0.4, -0.2) is 5.78 Å². The van der Waals surface area contributed by atoms with Gasteiger partial charge in [-0.3, -0.25) is 4.79 Å². The molecule has 1 unspecified atom stereocenters. The Bertz CT molecular complexity index is 542. The average molecular weight is 243 g/mol. The van der Waals surface area contributed by atoms with Crippen molar-refractivity contribution in [3.63, 3.8) is 0 Å². The molecule has 0 bridgehead atoms. The molecule has 1 atom stereocenters. The lowest BCUT2D eigenvalue weighted by Gasteiger charge is -2.29. The van der Waals surface area contributed by atoms with Gasteiger partial charge in [-0.05, 0) is 36.1 Å². The highest BCUT2D eigenvalue weighted by Gasteiger charge is 2.25. The van der Waals surface area contributed by atoms with Crippen LogP contribution < -0.4 is 5.32 Å². The van der Waals surface area contributed by atoms with Crippen molar-refractivity contribution in [2.45, 2.75) is 25.3 Å². The van der Waals surface area contributed by atoms with Gasteiger partial charge in [0.25, 0.3) is 0 Å². The SMILES string of the molecule is O=C1CC=CC2=C1NC(c1ccc(F)cc1)CC2. The highest BCUT2D eigenvalue weighted by Crippen LogP contribution is 2.31. The normalized spacial score (nSPS) is 22.7. The van der Waals surface area contributed by atoms with Crippen LogP contribution in [0.2, 0.25) is 0 Å². The first-order valence-electron chi connectivity index (χ1n) is 6.19. The molecule has 0 fully saturated rings. The van der Waals surface area contributed by atoms with Crippen LogP contribution in [0.25, 0.3) is 0 Å². The molecule has 1 N–H and O–H groups in total. The maximum atomic E-state index is 12.9. The number of allylic oxidation sites excluding steroid dienone is 4. The van der Waals surface area contributed by atoms with Crippen molar-refractivity contribution in [3.8, 4) is 0 Å². The van der Waals surface area contributed by atoms with E-state index in [4.69, 9.17) is 0 Å². The van der Waals surface area contributed by atoms with Gasteiger partial charge in [0.1, 0.15) is 5.82 Å². The van der Waals surface area contributed by atoms with Gasteiger partial charge in [-0.2, -0.15) is 0 Å². The Morgan fingerprint density at radius 2 is 2.00 bits per heavy atom. The monoisotopic (exact) mass is 243 g/mol. The predicted octanol–water partition coefficient (Wildman–Crippen LogP) is 3.03. The Labute approximate surface area is 105 Å². The molecule has 1 aliphatic heterocycles. The molecule has 0 saturated heterocycles. The Morgan fingerprint density at radius 1 is 1.22 bits per heavy atom. The average Bonchev–Trinajstić information content (AvgIpc) is 2.40. The predicted molar refractivity (Wildman–Crippen MR) is 67.3 cm³/mol. The Morgan fingerprint density at radius 3 is 2.78 bits per heavy atom. The summed E-state index contributed by atoms with van der Waals surface area (Å²) in [5.41, 5.74) is 2.88. The minimum Gasteiger partial charge on any atom is -0.375 e. The molecule has 18 heavy (non-hydrogen) atoms. The van der Waals surface area contributed by atoms with E-state index in [0.717, 1.165) is 29.7 Å². The number of hydrogen-bond acceptors (Lipinski definition) is 2. The van der Waals surface area contributed by atoms with E-state index in [1.54, 1.807) is 12.1 Å². The van der Waals surface area contributed by atoms with E-state index in [0.29, 0.717) is 6.42 Å². The van der Waals surface area contributed by atoms with Crippen molar-refractivity contribution >= 4 is 5.78 Å². The van der Waals surface area contributed by atoms with Gasteiger partial charge in [-0.1, -0.05) is 24.3 Å². The quantitative estimate of drug-likeness (QED) is 0.821. The zero-order valence-electron chi connectivity index (χ0n) is 9.95. The van der Waals surface area contributed by atoms with E-state index in [1.165, 1.54) is 12.1 Å². The number of hydrogen-bond donors (Lipinski definition) is 1. The van der Waals surface area contributed by atoms with Crippen LogP contribution in [0.4, 0.5) is 4.39 Å². The highest BCUT2D eigenvalue weighted by molar-refractivity contribution is 5.98. The maximum Gasteiger partial charge on any atom is 0.182 e. The number of benzene rings is 1. The molecule has 0 radical (unpaired) electrons. The van der Waals surface area contributed by atoms with Crippen LogP contribution in [0, 0.1) is 5.82 Å². The van der Waals surface area contributed by atoms with E-state index in [2.05, 4.69) is 5.32 Å². The number of ketones is 1. The zero-order valence-corrected chi connectivity index (χ0v) is 9.95. The molecule has 1 heterocycles. The fourth-order valence-electron chi connectivity index (χ4n) is 2.55. The molecule has 0 aromatic heterocycles. The number of rotatable bonds is 1. The molecule has 0 spiro atoms. The number of nitrogens with one attached hydrogen (secondary N) is 1. The Hall–Kier alpha value is -1.90. The second kappa shape index (κ2) is 4.41. The van der Waals surface area contributed by atoms with Gasteiger partial charge in [-0.15, -0.1) is 0 Å². The van der Waals surface area contributed by atoms with E-state index in [1.807, 2.05) is 12.2 Å². The second-order valence-corrected chi connectivity index (χ2v) is 4.72. The van der Waals surface area contributed by atoms with Crippen molar-refractivity contribution in [2.24, 2.45) is 0 Å². The van der Waals surface area contributed by atoms with Crippen molar-refractivity contribution in [1.82, 2.24) is 5.32 Å². The van der Waals surface area contributed by atoms with Gasteiger partial charge in [-0.25, -0.2) is 4.39 Å². The summed E-state index contributed by atoms with van der Waals surface area (Å²) >= 11 is 0. The van der Waals surface area contributed by atoms with Crippen LogP contribution in [-0.2, 0) is 4.79 Å². The largest absolute Gasteiger partial charge is 0.375 e. The number of carbonyl (C=O) groups is 1. The molecule has 0 saturated carbocycles. The van der Waals surface area contributed by atoms with E-state index in [-0.39, 0.29) is 17.6 Å². The first-order valence-corrected chi connectivity index (χ1v) is 6.19. The lowest BCUT2D eigenvalue weighted by atomic mass is 9.89. The lowest BCUT2D eigenvalue weighted by molar-refractivity contribution is -0.115. The summed E-state index contributed by atoms with van der Waals surface area (Å²) in [6, 6.07) is 6.59. The molecule has 0 amide bonds. The van der Waals surface area contributed by atoms with Gasteiger partial charge in [0.15, 0.2) is 5.78 Å². The summed E-state index contributed by atoms with van der Waals surface area (Å²) in [5, 5.41) is 3.30. The molecular formula is C15H14FNO. The summed E-state index contributed by atoms with van der Waals surface area (Å²) < 4.78 is 12.9. The number of Topliss-reactive ketones (excluding diaryl/α,β-unsaturated/α-hetero) is 1. The molecule has 3 rings (SSSR count).